The highest BCUT2D eigenvalue weighted by atomic mass is 16.5. The number of hydrogen-bond donors (Lipinski definition) is 0. The van der Waals surface area contributed by atoms with Crippen LogP contribution < -0.4 is 0 Å². The molecule has 0 unspecified atom stereocenters. The molecule has 0 aromatic carbocycles. The second-order valence-corrected chi connectivity index (χ2v) is 3.78. The van der Waals surface area contributed by atoms with Crippen LogP contribution in [0.1, 0.15) is 13.3 Å². The van der Waals surface area contributed by atoms with Gasteiger partial charge in [-0.15, -0.1) is 0 Å². The number of likely N-dealkylation sites (N-methyl/N-ethyl adjacent to an activating group) is 1. The van der Waals surface area contributed by atoms with Crippen molar-refractivity contribution in [1.82, 2.24) is 4.90 Å². The topological polar surface area (TPSA) is 55.8 Å². The van der Waals surface area contributed by atoms with Gasteiger partial charge in [-0.1, -0.05) is 19.0 Å². The van der Waals surface area contributed by atoms with Crippen molar-refractivity contribution in [1.29, 1.82) is 0 Å². The summed E-state index contributed by atoms with van der Waals surface area (Å²) in [6.45, 7) is 3.71. The standard InChI is InChI=1S/C11H20BNO4/c1-5-6-7-12(2)17-11(15)9-13(3)8-10(14)16-4/h6-7H,5,8-9H2,1-4H3/b7-6+. The molecule has 0 radical (unpaired) electrons. The molecule has 0 fully saturated rings. The van der Waals surface area contributed by atoms with Gasteiger partial charge in [0.15, 0.2) is 0 Å². The molecular formula is C11H20BNO4. The van der Waals surface area contributed by atoms with Gasteiger partial charge in [-0.25, -0.2) is 0 Å². The Kier molecular flexibility index (Phi) is 8.14. The molecule has 0 aliphatic heterocycles. The van der Waals surface area contributed by atoms with E-state index in [2.05, 4.69) is 4.74 Å². The van der Waals surface area contributed by atoms with Crippen molar-refractivity contribution >= 4 is 18.9 Å². The number of carbonyl (C=O) groups is 2. The average molecular weight is 241 g/mol. The highest BCUT2D eigenvalue weighted by Gasteiger charge is 2.14. The van der Waals surface area contributed by atoms with Crippen LogP contribution >= 0.6 is 0 Å². The Hall–Kier alpha value is -1.30. The molecule has 0 rings (SSSR count). The first-order valence-electron chi connectivity index (χ1n) is 5.61. The summed E-state index contributed by atoms with van der Waals surface area (Å²) in [4.78, 5) is 23.9. The van der Waals surface area contributed by atoms with Crippen molar-refractivity contribution in [2.45, 2.75) is 20.2 Å². The summed E-state index contributed by atoms with van der Waals surface area (Å²) in [5.41, 5.74) is 0. The zero-order valence-electron chi connectivity index (χ0n) is 10.9. The van der Waals surface area contributed by atoms with E-state index in [1.54, 1.807) is 18.8 Å². The minimum Gasteiger partial charge on any atom is -0.531 e. The van der Waals surface area contributed by atoms with Crippen molar-refractivity contribution in [3.63, 3.8) is 0 Å². The largest absolute Gasteiger partial charge is 0.531 e. The summed E-state index contributed by atoms with van der Waals surface area (Å²) in [7, 11) is 2.97. The van der Waals surface area contributed by atoms with Gasteiger partial charge in [0.05, 0.1) is 20.2 Å². The molecule has 0 aliphatic carbocycles. The normalized spacial score (nSPS) is 10.6. The molecule has 0 N–H and O–H groups in total. The van der Waals surface area contributed by atoms with E-state index in [4.69, 9.17) is 4.65 Å². The molecule has 6 heteroatoms. The van der Waals surface area contributed by atoms with E-state index in [9.17, 15) is 9.59 Å². The second kappa shape index (κ2) is 8.81. The Balaban J connectivity index is 3.92. The molecule has 0 aromatic rings. The maximum absolute atomic E-state index is 11.4. The highest BCUT2D eigenvalue weighted by Crippen LogP contribution is 1.94. The highest BCUT2D eigenvalue weighted by molar-refractivity contribution is 6.57. The van der Waals surface area contributed by atoms with Crippen LogP contribution in [0.25, 0.3) is 0 Å². The van der Waals surface area contributed by atoms with E-state index >= 15 is 0 Å². The van der Waals surface area contributed by atoms with Crippen LogP contribution in [0.4, 0.5) is 0 Å². The van der Waals surface area contributed by atoms with Crippen LogP contribution in [0.5, 0.6) is 0 Å². The zero-order chi connectivity index (χ0) is 13.3. The summed E-state index contributed by atoms with van der Waals surface area (Å²) >= 11 is 0. The monoisotopic (exact) mass is 241 g/mol. The lowest BCUT2D eigenvalue weighted by Gasteiger charge is -2.15. The lowest BCUT2D eigenvalue weighted by atomic mass is 9.71. The number of ether oxygens (including phenoxy) is 1. The minimum absolute atomic E-state index is 0.0689. The van der Waals surface area contributed by atoms with Gasteiger partial charge >= 0.3 is 18.9 Å². The lowest BCUT2D eigenvalue weighted by molar-refractivity contribution is -0.142. The summed E-state index contributed by atoms with van der Waals surface area (Å²) in [5.74, 6) is 1.10. The third kappa shape index (κ3) is 8.51. The fourth-order valence-corrected chi connectivity index (χ4v) is 1.17. The number of hydrogen-bond acceptors (Lipinski definition) is 5. The van der Waals surface area contributed by atoms with Gasteiger partial charge in [-0.2, -0.15) is 0 Å². The molecule has 17 heavy (non-hydrogen) atoms. The average Bonchev–Trinajstić information content (AvgIpc) is 2.25. The summed E-state index contributed by atoms with van der Waals surface area (Å²) in [5, 5.41) is 0. The number of nitrogens with zero attached hydrogens (tertiary/aromatic N) is 1. The molecule has 0 aliphatic rings. The number of rotatable bonds is 7. The van der Waals surface area contributed by atoms with Crippen LogP contribution in [0, 0.1) is 0 Å². The summed E-state index contributed by atoms with van der Waals surface area (Å²) in [6.07, 6.45) is 2.85. The van der Waals surface area contributed by atoms with Crippen molar-refractivity contribution in [2.75, 3.05) is 27.2 Å². The zero-order valence-corrected chi connectivity index (χ0v) is 10.9. The fraction of sp³-hybridized carbons (Fsp3) is 0.636. The Bertz CT molecular complexity index is 281. The molecule has 96 valence electrons. The van der Waals surface area contributed by atoms with E-state index in [0.717, 1.165) is 6.42 Å². The molecule has 5 nitrogen and oxygen atoms in total. The molecule has 0 aromatic heterocycles. The Morgan fingerprint density at radius 3 is 2.41 bits per heavy atom. The molecule has 0 saturated carbocycles. The van der Waals surface area contributed by atoms with Gasteiger partial charge in [0, 0.05) is 0 Å². The maximum Gasteiger partial charge on any atom is 0.384 e. The first kappa shape index (κ1) is 15.7. The molecule has 0 bridgehead atoms. The van der Waals surface area contributed by atoms with Gasteiger partial charge in [-0.05, 0) is 20.3 Å². The molecular weight excluding hydrogens is 221 g/mol. The van der Waals surface area contributed by atoms with Crippen LogP contribution in [-0.4, -0.2) is 51.0 Å². The van der Waals surface area contributed by atoms with Gasteiger partial charge in [0.1, 0.15) is 0 Å². The van der Waals surface area contributed by atoms with E-state index in [1.807, 2.05) is 19.0 Å². The van der Waals surface area contributed by atoms with Gasteiger partial charge in [-0.3, -0.25) is 14.5 Å². The SMILES string of the molecule is CC/C=C/B(C)OC(=O)CN(C)CC(=O)OC. The third-order valence-corrected chi connectivity index (χ3v) is 1.99. The summed E-state index contributed by atoms with van der Waals surface area (Å²) < 4.78 is 9.61. The first-order chi connectivity index (χ1) is 7.99. The quantitative estimate of drug-likeness (QED) is 0.486. The Morgan fingerprint density at radius 1 is 1.29 bits per heavy atom. The Morgan fingerprint density at radius 2 is 1.88 bits per heavy atom. The molecule has 0 saturated heterocycles. The van der Waals surface area contributed by atoms with Crippen molar-refractivity contribution < 1.29 is 19.0 Å². The predicted octanol–water partition coefficient (Wildman–Crippen LogP) is 0.761. The smallest absolute Gasteiger partial charge is 0.384 e. The number of esters is 1. The lowest BCUT2D eigenvalue weighted by Crippen LogP contribution is -2.34. The van der Waals surface area contributed by atoms with Crippen LogP contribution in [0.2, 0.25) is 6.82 Å². The second-order valence-electron chi connectivity index (χ2n) is 3.78. The van der Waals surface area contributed by atoms with Gasteiger partial charge < -0.3 is 9.39 Å². The van der Waals surface area contributed by atoms with Gasteiger partial charge in [0.2, 0.25) is 0 Å². The van der Waals surface area contributed by atoms with E-state index in [0.29, 0.717) is 0 Å². The molecule has 0 atom stereocenters. The molecule has 0 spiro atoms. The van der Waals surface area contributed by atoms with E-state index < -0.39 is 0 Å². The van der Waals surface area contributed by atoms with Crippen LogP contribution in [0.15, 0.2) is 12.1 Å². The number of carbonyl (C=O) groups excluding carboxylic acids is 2. The van der Waals surface area contributed by atoms with Crippen molar-refractivity contribution in [2.24, 2.45) is 0 Å². The van der Waals surface area contributed by atoms with E-state index in [-0.39, 0.29) is 31.9 Å². The van der Waals surface area contributed by atoms with Crippen LogP contribution in [0.3, 0.4) is 0 Å². The fourth-order valence-electron chi connectivity index (χ4n) is 1.17. The molecule has 0 heterocycles. The first-order valence-corrected chi connectivity index (χ1v) is 5.61. The van der Waals surface area contributed by atoms with Crippen LogP contribution in [-0.2, 0) is 19.0 Å². The minimum atomic E-state index is -0.376. The number of allylic oxidation sites excluding steroid dienone is 1. The van der Waals surface area contributed by atoms with E-state index in [1.165, 1.54) is 7.11 Å². The van der Waals surface area contributed by atoms with Gasteiger partial charge in [0.25, 0.3) is 0 Å². The summed E-state index contributed by atoms with van der Waals surface area (Å²) in [6, 6.07) is 0. The number of methoxy groups -OCH3 is 1. The maximum atomic E-state index is 11.4. The van der Waals surface area contributed by atoms with Crippen molar-refractivity contribution in [3.8, 4) is 0 Å². The molecule has 0 amide bonds. The third-order valence-electron chi connectivity index (χ3n) is 1.99. The Labute approximate surface area is 103 Å². The van der Waals surface area contributed by atoms with Crippen molar-refractivity contribution in [3.05, 3.63) is 12.1 Å². The predicted molar refractivity (Wildman–Crippen MR) is 66.7 cm³/mol.